The van der Waals surface area contributed by atoms with Crippen LogP contribution >= 0.6 is 0 Å². The standard InChI is InChI=1S/C34H34O8/c1-37-21-11-7-19(8-12-21)29-30-26(16-24(40-4)17-27(30)41-5)34(36)32(29)25-15-23(39-3)18-28(42-6)31(25)33(34,35)20-9-13-22(38-2)14-10-20/h7-18,29,32,35-36H,1-6H3/t29-,32+,33-,34+/m1/s1. The van der Waals surface area contributed by atoms with Crippen LogP contribution in [0.5, 0.6) is 34.5 Å². The van der Waals surface area contributed by atoms with Crippen LogP contribution in [0.4, 0.5) is 0 Å². The van der Waals surface area contributed by atoms with Gasteiger partial charge in [-0.1, -0.05) is 24.3 Å². The number of hydrogen-bond donors (Lipinski definition) is 2. The van der Waals surface area contributed by atoms with Crippen molar-refractivity contribution >= 4 is 0 Å². The second-order valence-corrected chi connectivity index (χ2v) is 10.5. The van der Waals surface area contributed by atoms with Crippen LogP contribution in [0.2, 0.25) is 0 Å². The Labute approximate surface area is 245 Å². The number of methoxy groups -OCH3 is 6. The summed E-state index contributed by atoms with van der Waals surface area (Å²) >= 11 is 0. The highest BCUT2D eigenvalue weighted by molar-refractivity contribution is 5.71. The Morgan fingerprint density at radius 2 is 1.10 bits per heavy atom. The maximum atomic E-state index is 13.3. The molecule has 0 bridgehead atoms. The van der Waals surface area contributed by atoms with E-state index >= 15 is 0 Å². The monoisotopic (exact) mass is 570 g/mol. The molecule has 4 aromatic carbocycles. The zero-order valence-corrected chi connectivity index (χ0v) is 24.4. The Balaban J connectivity index is 1.76. The predicted molar refractivity (Wildman–Crippen MR) is 157 cm³/mol. The maximum Gasteiger partial charge on any atom is 0.152 e. The molecule has 8 nitrogen and oxygen atoms in total. The molecule has 42 heavy (non-hydrogen) atoms. The van der Waals surface area contributed by atoms with Crippen molar-refractivity contribution in [2.45, 2.75) is 23.0 Å². The van der Waals surface area contributed by atoms with Crippen molar-refractivity contribution in [2.75, 3.05) is 42.7 Å². The molecule has 2 N–H and O–H groups in total. The van der Waals surface area contributed by atoms with Crippen LogP contribution < -0.4 is 28.4 Å². The zero-order chi connectivity index (χ0) is 29.8. The van der Waals surface area contributed by atoms with E-state index in [0.29, 0.717) is 56.8 Å². The van der Waals surface area contributed by atoms with Crippen LogP contribution in [0.3, 0.4) is 0 Å². The number of fused-ring (bicyclic) bond motifs is 5. The van der Waals surface area contributed by atoms with Crippen molar-refractivity contribution < 1.29 is 38.6 Å². The van der Waals surface area contributed by atoms with Crippen LogP contribution in [0.15, 0.2) is 72.8 Å². The van der Waals surface area contributed by atoms with E-state index in [2.05, 4.69) is 0 Å². The van der Waals surface area contributed by atoms with Gasteiger partial charge in [-0.25, -0.2) is 0 Å². The Morgan fingerprint density at radius 3 is 1.64 bits per heavy atom. The maximum absolute atomic E-state index is 13.3. The smallest absolute Gasteiger partial charge is 0.152 e. The first-order valence-electron chi connectivity index (χ1n) is 13.6. The van der Waals surface area contributed by atoms with E-state index in [4.69, 9.17) is 28.4 Å². The van der Waals surface area contributed by atoms with Crippen molar-refractivity contribution in [2.24, 2.45) is 0 Å². The molecule has 8 heteroatoms. The summed E-state index contributed by atoms with van der Waals surface area (Å²) < 4.78 is 34.0. The molecule has 6 rings (SSSR count). The van der Waals surface area contributed by atoms with Gasteiger partial charge in [-0.2, -0.15) is 0 Å². The molecule has 0 saturated heterocycles. The molecule has 0 aromatic heterocycles. The summed E-state index contributed by atoms with van der Waals surface area (Å²) in [6.07, 6.45) is 0. The average Bonchev–Trinajstić information content (AvgIpc) is 3.43. The van der Waals surface area contributed by atoms with E-state index in [1.54, 1.807) is 85.1 Å². The molecular weight excluding hydrogens is 536 g/mol. The summed E-state index contributed by atoms with van der Waals surface area (Å²) in [7, 11) is 9.48. The number of aliphatic hydroxyl groups is 2. The second kappa shape index (κ2) is 10.2. The highest BCUT2D eigenvalue weighted by atomic mass is 16.5. The van der Waals surface area contributed by atoms with Crippen LogP contribution in [0, 0.1) is 0 Å². The van der Waals surface area contributed by atoms with E-state index < -0.39 is 23.0 Å². The lowest BCUT2D eigenvalue weighted by molar-refractivity contribution is -0.137. The molecule has 0 fully saturated rings. The van der Waals surface area contributed by atoms with Gasteiger partial charge in [0.25, 0.3) is 0 Å². The minimum Gasteiger partial charge on any atom is -0.497 e. The first-order valence-corrected chi connectivity index (χ1v) is 13.6. The summed E-state index contributed by atoms with van der Waals surface area (Å²) in [6, 6.07) is 22.0. The van der Waals surface area contributed by atoms with Crippen molar-refractivity contribution in [1.82, 2.24) is 0 Å². The normalized spacial score (nSPS) is 23.4. The van der Waals surface area contributed by atoms with Gasteiger partial charge < -0.3 is 38.6 Å². The van der Waals surface area contributed by atoms with Gasteiger partial charge in [-0.3, -0.25) is 0 Å². The lowest BCUT2D eigenvalue weighted by Gasteiger charge is -2.40. The molecular formula is C34H34O8. The lowest BCUT2D eigenvalue weighted by Crippen LogP contribution is -2.48. The van der Waals surface area contributed by atoms with Crippen LogP contribution in [0.25, 0.3) is 0 Å². The molecule has 2 aliphatic carbocycles. The molecule has 0 amide bonds. The van der Waals surface area contributed by atoms with Gasteiger partial charge in [-0.15, -0.1) is 0 Å². The molecule has 4 atom stereocenters. The van der Waals surface area contributed by atoms with Gasteiger partial charge in [0.2, 0.25) is 0 Å². The molecule has 0 saturated carbocycles. The second-order valence-electron chi connectivity index (χ2n) is 10.5. The third kappa shape index (κ3) is 3.61. The Bertz CT molecular complexity index is 1630. The van der Waals surface area contributed by atoms with Gasteiger partial charge in [0.15, 0.2) is 5.60 Å². The van der Waals surface area contributed by atoms with Crippen LogP contribution in [-0.4, -0.2) is 52.9 Å². The summed E-state index contributed by atoms with van der Waals surface area (Å²) in [5, 5.41) is 26.5. The molecule has 218 valence electrons. The first-order chi connectivity index (χ1) is 20.3. The fourth-order valence-electron chi connectivity index (χ4n) is 7.00. The fraction of sp³-hybridized carbons (Fsp3) is 0.294. The summed E-state index contributed by atoms with van der Waals surface area (Å²) in [4.78, 5) is 0. The lowest BCUT2D eigenvalue weighted by atomic mass is 9.72. The van der Waals surface area contributed by atoms with Crippen molar-refractivity contribution in [3.8, 4) is 34.5 Å². The number of hydrogen-bond acceptors (Lipinski definition) is 8. The minimum atomic E-state index is -1.95. The zero-order valence-electron chi connectivity index (χ0n) is 24.4. The quantitative estimate of drug-likeness (QED) is 0.302. The van der Waals surface area contributed by atoms with Gasteiger partial charge in [-0.05, 0) is 58.7 Å². The van der Waals surface area contributed by atoms with E-state index in [1.165, 1.54) is 0 Å². The Kier molecular flexibility index (Phi) is 6.71. The SMILES string of the molecule is COc1ccc([C@@H]2c3c(OC)cc(OC)cc3[C@]3(O)[C@H]2c2cc(OC)cc(OC)c2[C@]3(O)c2ccc(OC)cc2)cc1. The number of ether oxygens (including phenoxy) is 6. The average molecular weight is 571 g/mol. The molecule has 0 radical (unpaired) electrons. The third-order valence-electron chi connectivity index (χ3n) is 8.87. The molecule has 0 aliphatic heterocycles. The van der Waals surface area contributed by atoms with Gasteiger partial charge >= 0.3 is 0 Å². The van der Waals surface area contributed by atoms with Gasteiger partial charge in [0, 0.05) is 35.1 Å². The molecule has 4 aromatic rings. The highest BCUT2D eigenvalue weighted by Gasteiger charge is 2.71. The van der Waals surface area contributed by atoms with Crippen molar-refractivity contribution in [3.63, 3.8) is 0 Å². The first kappa shape index (κ1) is 27.8. The van der Waals surface area contributed by atoms with Crippen LogP contribution in [-0.2, 0) is 11.2 Å². The van der Waals surface area contributed by atoms with Gasteiger partial charge in [0.05, 0.1) is 42.7 Å². The Hall–Kier alpha value is -4.40. The molecule has 2 aliphatic rings. The summed E-state index contributed by atoms with van der Waals surface area (Å²) in [5.74, 6) is 2.20. The number of benzene rings is 4. The van der Waals surface area contributed by atoms with Crippen LogP contribution in [0.1, 0.15) is 45.2 Å². The van der Waals surface area contributed by atoms with E-state index in [-0.39, 0.29) is 0 Å². The summed E-state index contributed by atoms with van der Waals surface area (Å²) in [5.41, 5.74) is -0.0283. The predicted octanol–water partition coefficient (Wildman–Crippen LogP) is 5.10. The minimum absolute atomic E-state index is 0.399. The highest BCUT2D eigenvalue weighted by Crippen LogP contribution is 2.72. The Morgan fingerprint density at radius 1 is 0.571 bits per heavy atom. The summed E-state index contributed by atoms with van der Waals surface area (Å²) in [6.45, 7) is 0. The van der Waals surface area contributed by atoms with Gasteiger partial charge in [0.1, 0.15) is 40.1 Å². The third-order valence-corrected chi connectivity index (χ3v) is 8.87. The fourth-order valence-corrected chi connectivity index (χ4v) is 7.00. The van der Waals surface area contributed by atoms with Crippen molar-refractivity contribution in [1.29, 1.82) is 0 Å². The molecule has 0 heterocycles. The van der Waals surface area contributed by atoms with Crippen molar-refractivity contribution in [3.05, 3.63) is 106 Å². The number of rotatable bonds is 8. The molecule has 0 spiro atoms. The molecule has 0 unspecified atom stereocenters. The van der Waals surface area contributed by atoms with E-state index in [9.17, 15) is 10.2 Å². The largest absolute Gasteiger partial charge is 0.497 e. The topological polar surface area (TPSA) is 95.8 Å². The van der Waals surface area contributed by atoms with E-state index in [1.807, 2.05) is 30.3 Å². The van der Waals surface area contributed by atoms with E-state index in [0.717, 1.165) is 11.1 Å².